The number of nitrogens with two attached hydrogens (primary N) is 2. The van der Waals surface area contributed by atoms with Gasteiger partial charge in [0.1, 0.15) is 0 Å². The smallest absolute Gasteiger partial charge is 0.0373 e. The van der Waals surface area contributed by atoms with Gasteiger partial charge in [-0.25, -0.2) is 0 Å². The first-order valence-corrected chi connectivity index (χ1v) is 5.28. The maximum atomic E-state index is 6.06. The van der Waals surface area contributed by atoms with E-state index < -0.39 is 0 Å². The Kier molecular flexibility index (Phi) is 2.30. The lowest BCUT2D eigenvalue weighted by Crippen LogP contribution is -2.14. The Morgan fingerprint density at radius 2 is 2.08 bits per heavy atom. The lowest BCUT2D eigenvalue weighted by atomic mass is 10.0. The molecule has 70 valence electrons. The summed E-state index contributed by atoms with van der Waals surface area (Å²) in [5.41, 5.74) is 13.8. The van der Waals surface area contributed by atoms with Crippen LogP contribution in [-0.4, -0.2) is 0 Å². The number of hydrogen-bond acceptors (Lipinski definition) is 2. The second kappa shape index (κ2) is 3.31. The SMILES string of the molecule is Nc1cc(Br)ccc1[C@H](N)C1CC1. The van der Waals surface area contributed by atoms with Crippen molar-refractivity contribution in [3.05, 3.63) is 28.2 Å². The van der Waals surface area contributed by atoms with Crippen LogP contribution in [0.1, 0.15) is 24.4 Å². The van der Waals surface area contributed by atoms with Crippen LogP contribution < -0.4 is 11.5 Å². The lowest BCUT2D eigenvalue weighted by Gasteiger charge is -2.13. The van der Waals surface area contributed by atoms with Gasteiger partial charge in [-0.3, -0.25) is 0 Å². The van der Waals surface area contributed by atoms with Crippen molar-refractivity contribution in [2.75, 3.05) is 5.73 Å². The van der Waals surface area contributed by atoms with Crippen LogP contribution in [0.4, 0.5) is 5.69 Å². The van der Waals surface area contributed by atoms with Crippen LogP contribution >= 0.6 is 15.9 Å². The average molecular weight is 241 g/mol. The van der Waals surface area contributed by atoms with Crippen LogP contribution in [0, 0.1) is 5.92 Å². The molecule has 1 aromatic rings. The van der Waals surface area contributed by atoms with E-state index in [0.717, 1.165) is 15.7 Å². The Morgan fingerprint density at radius 3 is 2.62 bits per heavy atom. The molecule has 1 atom stereocenters. The van der Waals surface area contributed by atoms with Gasteiger partial charge in [0.15, 0.2) is 0 Å². The standard InChI is InChI=1S/C10H13BrN2/c11-7-3-4-8(9(12)5-7)10(13)6-1-2-6/h3-6,10H,1-2,12-13H2/t10-/m1/s1. The van der Waals surface area contributed by atoms with E-state index in [1.807, 2.05) is 18.2 Å². The molecule has 3 heteroatoms. The minimum Gasteiger partial charge on any atom is -0.398 e. The second-order valence-electron chi connectivity index (χ2n) is 3.64. The third kappa shape index (κ3) is 1.86. The van der Waals surface area contributed by atoms with E-state index in [4.69, 9.17) is 11.5 Å². The van der Waals surface area contributed by atoms with E-state index in [0.29, 0.717) is 5.92 Å². The molecule has 0 heterocycles. The first kappa shape index (κ1) is 9.03. The van der Waals surface area contributed by atoms with Gasteiger partial charge in [-0.1, -0.05) is 22.0 Å². The normalized spacial score (nSPS) is 18.6. The molecule has 0 aromatic heterocycles. The van der Waals surface area contributed by atoms with Gasteiger partial charge in [0.05, 0.1) is 0 Å². The number of hydrogen-bond donors (Lipinski definition) is 2. The molecule has 0 spiro atoms. The maximum absolute atomic E-state index is 6.06. The van der Waals surface area contributed by atoms with Crippen molar-refractivity contribution in [2.24, 2.45) is 11.7 Å². The molecule has 0 bridgehead atoms. The van der Waals surface area contributed by atoms with Crippen molar-refractivity contribution in [1.29, 1.82) is 0 Å². The molecule has 0 amide bonds. The van der Waals surface area contributed by atoms with Crippen LogP contribution in [0.25, 0.3) is 0 Å². The molecule has 2 nitrogen and oxygen atoms in total. The summed E-state index contributed by atoms with van der Waals surface area (Å²) in [6.07, 6.45) is 2.49. The third-order valence-corrected chi connectivity index (χ3v) is 3.03. The second-order valence-corrected chi connectivity index (χ2v) is 4.55. The molecule has 1 aliphatic carbocycles. The molecule has 13 heavy (non-hydrogen) atoms. The zero-order valence-electron chi connectivity index (χ0n) is 7.33. The summed E-state index contributed by atoms with van der Waals surface area (Å²) < 4.78 is 1.01. The van der Waals surface area contributed by atoms with E-state index >= 15 is 0 Å². The first-order valence-electron chi connectivity index (χ1n) is 4.49. The third-order valence-electron chi connectivity index (χ3n) is 2.54. The topological polar surface area (TPSA) is 52.0 Å². The summed E-state index contributed by atoms with van der Waals surface area (Å²) >= 11 is 3.38. The van der Waals surface area contributed by atoms with Crippen molar-refractivity contribution in [3.63, 3.8) is 0 Å². The fourth-order valence-electron chi connectivity index (χ4n) is 1.56. The Hall–Kier alpha value is -0.540. The van der Waals surface area contributed by atoms with E-state index in [1.165, 1.54) is 12.8 Å². The van der Waals surface area contributed by atoms with Crippen LogP contribution in [0.2, 0.25) is 0 Å². The summed E-state index contributed by atoms with van der Waals surface area (Å²) in [5.74, 6) is 0.656. The first-order chi connectivity index (χ1) is 6.18. The molecule has 0 unspecified atom stereocenters. The van der Waals surface area contributed by atoms with Crippen LogP contribution in [0.3, 0.4) is 0 Å². The Labute approximate surface area is 86.4 Å². The molecule has 1 fully saturated rings. The highest BCUT2D eigenvalue weighted by Gasteiger charge is 2.30. The van der Waals surface area contributed by atoms with Crippen molar-refractivity contribution in [3.8, 4) is 0 Å². The summed E-state index contributed by atoms with van der Waals surface area (Å²) in [7, 11) is 0. The molecule has 2 rings (SSSR count). The molecule has 0 aliphatic heterocycles. The fourth-order valence-corrected chi connectivity index (χ4v) is 1.94. The largest absolute Gasteiger partial charge is 0.398 e. The molecule has 1 aromatic carbocycles. The Bertz CT molecular complexity index is 321. The Morgan fingerprint density at radius 1 is 1.38 bits per heavy atom. The van der Waals surface area contributed by atoms with Gasteiger partial charge in [0.25, 0.3) is 0 Å². The summed E-state index contributed by atoms with van der Waals surface area (Å²) in [5, 5.41) is 0. The van der Waals surface area contributed by atoms with Crippen LogP contribution in [-0.2, 0) is 0 Å². The van der Waals surface area contributed by atoms with Crippen LogP contribution in [0.5, 0.6) is 0 Å². The predicted octanol–water partition coefficient (Wildman–Crippen LogP) is 2.44. The molecule has 0 radical (unpaired) electrons. The number of halogens is 1. The van der Waals surface area contributed by atoms with E-state index in [-0.39, 0.29) is 6.04 Å². The minimum absolute atomic E-state index is 0.132. The van der Waals surface area contributed by atoms with E-state index in [9.17, 15) is 0 Å². The van der Waals surface area contributed by atoms with Gasteiger partial charge >= 0.3 is 0 Å². The number of nitrogen functional groups attached to an aromatic ring is 1. The quantitative estimate of drug-likeness (QED) is 0.781. The van der Waals surface area contributed by atoms with Crippen molar-refractivity contribution < 1.29 is 0 Å². The van der Waals surface area contributed by atoms with Gasteiger partial charge in [-0.2, -0.15) is 0 Å². The van der Waals surface area contributed by atoms with Crippen LogP contribution in [0.15, 0.2) is 22.7 Å². The predicted molar refractivity (Wildman–Crippen MR) is 58.2 cm³/mol. The summed E-state index contributed by atoms with van der Waals surface area (Å²) in [4.78, 5) is 0. The van der Waals surface area contributed by atoms with E-state index in [2.05, 4.69) is 15.9 Å². The maximum Gasteiger partial charge on any atom is 0.0373 e. The van der Waals surface area contributed by atoms with Crippen molar-refractivity contribution >= 4 is 21.6 Å². The van der Waals surface area contributed by atoms with E-state index in [1.54, 1.807) is 0 Å². The Balaban J connectivity index is 2.28. The average Bonchev–Trinajstić information content (AvgIpc) is 2.85. The number of rotatable bonds is 2. The zero-order valence-corrected chi connectivity index (χ0v) is 8.92. The molecule has 1 aliphatic rings. The number of benzene rings is 1. The monoisotopic (exact) mass is 240 g/mol. The summed E-state index contributed by atoms with van der Waals surface area (Å²) in [6, 6.07) is 6.06. The van der Waals surface area contributed by atoms with Gasteiger partial charge in [-0.05, 0) is 36.5 Å². The highest BCUT2D eigenvalue weighted by molar-refractivity contribution is 9.10. The summed E-state index contributed by atoms with van der Waals surface area (Å²) in [6.45, 7) is 0. The molecular weight excluding hydrogens is 228 g/mol. The van der Waals surface area contributed by atoms with Gasteiger partial charge < -0.3 is 11.5 Å². The van der Waals surface area contributed by atoms with Gasteiger partial charge in [0, 0.05) is 16.2 Å². The van der Waals surface area contributed by atoms with Gasteiger partial charge in [-0.15, -0.1) is 0 Å². The highest BCUT2D eigenvalue weighted by Crippen LogP contribution is 2.41. The molecule has 4 N–H and O–H groups in total. The molecular formula is C10H13BrN2. The highest BCUT2D eigenvalue weighted by atomic mass is 79.9. The van der Waals surface area contributed by atoms with Gasteiger partial charge in [0.2, 0.25) is 0 Å². The fraction of sp³-hybridized carbons (Fsp3) is 0.400. The van der Waals surface area contributed by atoms with Crippen molar-refractivity contribution in [1.82, 2.24) is 0 Å². The number of anilines is 1. The molecule has 0 saturated heterocycles. The lowest BCUT2D eigenvalue weighted by molar-refractivity contribution is 0.635. The molecule has 1 saturated carbocycles. The van der Waals surface area contributed by atoms with Crippen molar-refractivity contribution in [2.45, 2.75) is 18.9 Å². The zero-order chi connectivity index (χ0) is 9.42. The minimum atomic E-state index is 0.132.